The Hall–Kier alpha value is -2.36. The molecule has 1 aliphatic rings. The van der Waals surface area contributed by atoms with Gasteiger partial charge >= 0.3 is 5.97 Å². The van der Waals surface area contributed by atoms with Crippen molar-refractivity contribution in [1.29, 1.82) is 0 Å². The fourth-order valence-electron chi connectivity index (χ4n) is 3.26. The standard InChI is InChI=1S/C21H27NO5/c23-19(15-17-7-2-1-3-8-17)12-11-18-9-6-10-20(24)22(18)13-4-5-14-27-16-21(25)26/h1-3,7-8,18-19,23H,6,9-16H2,(H,25,26). The zero-order valence-electron chi connectivity index (χ0n) is 15.5. The summed E-state index contributed by atoms with van der Waals surface area (Å²) < 4.78 is 4.86. The Morgan fingerprint density at radius 1 is 1.30 bits per heavy atom. The number of rotatable bonds is 9. The molecule has 2 N–H and O–H groups in total. The van der Waals surface area contributed by atoms with Gasteiger partial charge in [0.05, 0.1) is 12.6 Å². The molecule has 2 atom stereocenters. The van der Waals surface area contributed by atoms with E-state index in [4.69, 9.17) is 9.84 Å². The molecular formula is C21H27NO5. The number of likely N-dealkylation sites (tertiary alicyclic amines) is 1. The predicted octanol–water partition coefficient (Wildman–Crippen LogP) is 1.86. The van der Waals surface area contributed by atoms with E-state index >= 15 is 0 Å². The molecule has 0 saturated carbocycles. The van der Waals surface area contributed by atoms with E-state index in [0.29, 0.717) is 25.8 Å². The largest absolute Gasteiger partial charge is 0.480 e. The summed E-state index contributed by atoms with van der Waals surface area (Å²) in [4.78, 5) is 24.4. The van der Waals surface area contributed by atoms with Crippen molar-refractivity contribution in [1.82, 2.24) is 4.90 Å². The second kappa shape index (κ2) is 11.4. The summed E-state index contributed by atoms with van der Waals surface area (Å²) >= 11 is 0. The van der Waals surface area contributed by atoms with E-state index in [1.165, 1.54) is 0 Å². The molecule has 0 radical (unpaired) electrons. The lowest BCUT2D eigenvalue weighted by Gasteiger charge is -2.35. The summed E-state index contributed by atoms with van der Waals surface area (Å²) in [5, 5.41) is 18.8. The van der Waals surface area contributed by atoms with Gasteiger partial charge in [-0.25, -0.2) is 4.79 Å². The van der Waals surface area contributed by atoms with Gasteiger partial charge < -0.3 is 19.8 Å². The van der Waals surface area contributed by atoms with E-state index in [1.54, 1.807) is 4.90 Å². The van der Waals surface area contributed by atoms with Gasteiger partial charge in [-0.05, 0) is 37.7 Å². The highest BCUT2D eigenvalue weighted by Crippen LogP contribution is 2.22. The average Bonchev–Trinajstić information content (AvgIpc) is 2.65. The molecular weight excluding hydrogens is 346 g/mol. The Morgan fingerprint density at radius 2 is 2.07 bits per heavy atom. The van der Waals surface area contributed by atoms with Gasteiger partial charge in [-0.15, -0.1) is 0 Å². The molecule has 2 unspecified atom stereocenters. The van der Waals surface area contributed by atoms with Gasteiger partial charge in [0.15, 0.2) is 0 Å². The van der Waals surface area contributed by atoms with E-state index in [-0.39, 0.29) is 25.2 Å². The van der Waals surface area contributed by atoms with Crippen LogP contribution in [0.5, 0.6) is 0 Å². The molecule has 0 aromatic heterocycles. The molecule has 2 rings (SSSR count). The van der Waals surface area contributed by atoms with Gasteiger partial charge in [-0.1, -0.05) is 42.2 Å². The topological polar surface area (TPSA) is 87.1 Å². The molecule has 6 heteroatoms. The predicted molar refractivity (Wildman–Crippen MR) is 101 cm³/mol. The number of aliphatic hydroxyl groups excluding tert-OH is 1. The first-order valence-electron chi connectivity index (χ1n) is 9.33. The van der Waals surface area contributed by atoms with Crippen molar-refractivity contribution >= 4 is 11.9 Å². The minimum Gasteiger partial charge on any atom is -0.480 e. The third-order valence-electron chi connectivity index (χ3n) is 4.61. The van der Waals surface area contributed by atoms with Crippen LogP contribution in [0.25, 0.3) is 0 Å². The quantitative estimate of drug-likeness (QED) is 0.510. The molecule has 1 aliphatic heterocycles. The van der Waals surface area contributed by atoms with Gasteiger partial charge in [-0.3, -0.25) is 4.79 Å². The van der Waals surface area contributed by atoms with Crippen molar-refractivity contribution < 1.29 is 24.5 Å². The van der Waals surface area contributed by atoms with Crippen LogP contribution in [0, 0.1) is 11.8 Å². The van der Waals surface area contributed by atoms with E-state index in [0.717, 1.165) is 24.8 Å². The maximum atomic E-state index is 12.2. The number of nitrogens with zero attached hydrogens (tertiary/aromatic N) is 1. The lowest BCUT2D eigenvalue weighted by atomic mass is 9.94. The molecule has 27 heavy (non-hydrogen) atoms. The van der Waals surface area contributed by atoms with Crippen molar-refractivity contribution in [2.24, 2.45) is 0 Å². The number of carboxylic acids is 1. The molecule has 0 spiro atoms. The number of benzene rings is 1. The molecule has 1 fully saturated rings. The molecule has 0 bridgehead atoms. The van der Waals surface area contributed by atoms with Crippen LogP contribution in [0.1, 0.15) is 37.7 Å². The van der Waals surface area contributed by atoms with Crippen LogP contribution < -0.4 is 0 Å². The van der Waals surface area contributed by atoms with Crippen LogP contribution in [-0.4, -0.2) is 58.9 Å². The summed E-state index contributed by atoms with van der Waals surface area (Å²) in [5.74, 6) is 4.70. The third-order valence-corrected chi connectivity index (χ3v) is 4.61. The number of hydrogen-bond acceptors (Lipinski definition) is 4. The van der Waals surface area contributed by atoms with Gasteiger partial charge in [0.1, 0.15) is 13.2 Å². The Kier molecular flexibility index (Phi) is 8.82. The minimum absolute atomic E-state index is 0.0365. The number of carboxylic acid groups (broad SMARTS) is 1. The number of ether oxygens (including phenoxy) is 1. The molecule has 1 saturated heterocycles. The van der Waals surface area contributed by atoms with Gasteiger partial charge in [0.25, 0.3) is 0 Å². The lowest BCUT2D eigenvalue weighted by Crippen LogP contribution is -2.44. The van der Waals surface area contributed by atoms with E-state index in [9.17, 15) is 14.7 Å². The van der Waals surface area contributed by atoms with Crippen LogP contribution in [0.15, 0.2) is 30.3 Å². The van der Waals surface area contributed by atoms with Crippen LogP contribution >= 0.6 is 0 Å². The summed E-state index contributed by atoms with van der Waals surface area (Å²) in [6.45, 7) is -0.0250. The zero-order valence-corrected chi connectivity index (χ0v) is 15.5. The summed E-state index contributed by atoms with van der Waals surface area (Å²) in [6, 6.07) is 9.97. The Labute approximate surface area is 160 Å². The number of carbonyl (C=O) groups is 2. The van der Waals surface area contributed by atoms with Crippen LogP contribution in [0.4, 0.5) is 0 Å². The molecule has 1 aromatic rings. The third kappa shape index (κ3) is 7.81. The van der Waals surface area contributed by atoms with Crippen molar-refractivity contribution in [3.05, 3.63) is 35.9 Å². The summed E-state index contributed by atoms with van der Waals surface area (Å²) in [6.07, 6.45) is 3.88. The molecule has 0 aliphatic carbocycles. The molecule has 1 aromatic carbocycles. The van der Waals surface area contributed by atoms with Gasteiger partial charge in [-0.2, -0.15) is 0 Å². The first-order chi connectivity index (χ1) is 13.1. The van der Waals surface area contributed by atoms with Crippen LogP contribution in [0.3, 0.4) is 0 Å². The Balaban J connectivity index is 1.79. The number of hydrogen-bond donors (Lipinski definition) is 2. The summed E-state index contributed by atoms with van der Waals surface area (Å²) in [5.41, 5.74) is 1.11. The van der Waals surface area contributed by atoms with E-state index in [2.05, 4.69) is 11.8 Å². The first kappa shape index (κ1) is 20.9. The SMILES string of the molecule is O=C(O)COCC#CCN1C(=O)CCCC1CCC(O)Cc1ccccc1. The molecule has 1 heterocycles. The number of aliphatic hydroxyl groups is 1. The Bertz CT molecular complexity index is 664. The Morgan fingerprint density at radius 3 is 2.81 bits per heavy atom. The number of amides is 1. The smallest absolute Gasteiger partial charge is 0.329 e. The van der Waals surface area contributed by atoms with E-state index in [1.807, 2.05) is 30.3 Å². The maximum Gasteiger partial charge on any atom is 0.329 e. The average molecular weight is 373 g/mol. The highest BCUT2D eigenvalue weighted by atomic mass is 16.5. The van der Waals surface area contributed by atoms with Crippen LogP contribution in [-0.2, 0) is 20.7 Å². The van der Waals surface area contributed by atoms with Crippen molar-refractivity contribution in [2.75, 3.05) is 19.8 Å². The highest BCUT2D eigenvalue weighted by molar-refractivity contribution is 5.77. The molecule has 6 nitrogen and oxygen atoms in total. The first-order valence-corrected chi connectivity index (χ1v) is 9.33. The maximum absolute atomic E-state index is 12.2. The minimum atomic E-state index is -1.03. The number of piperidine rings is 1. The van der Waals surface area contributed by atoms with Crippen molar-refractivity contribution in [3.8, 4) is 11.8 Å². The monoisotopic (exact) mass is 373 g/mol. The summed E-state index contributed by atoms with van der Waals surface area (Å²) in [7, 11) is 0. The normalized spacial score (nSPS) is 17.9. The van der Waals surface area contributed by atoms with Gasteiger partial charge in [0.2, 0.25) is 5.91 Å². The molecule has 146 valence electrons. The lowest BCUT2D eigenvalue weighted by molar-refractivity contribution is -0.141. The second-order valence-electron chi connectivity index (χ2n) is 6.73. The number of carbonyl (C=O) groups excluding carboxylic acids is 1. The highest BCUT2D eigenvalue weighted by Gasteiger charge is 2.27. The molecule has 1 amide bonds. The zero-order chi connectivity index (χ0) is 19.5. The fraction of sp³-hybridized carbons (Fsp3) is 0.524. The van der Waals surface area contributed by atoms with Gasteiger partial charge in [0, 0.05) is 12.5 Å². The van der Waals surface area contributed by atoms with Crippen molar-refractivity contribution in [2.45, 2.75) is 50.7 Å². The van der Waals surface area contributed by atoms with Crippen LogP contribution in [0.2, 0.25) is 0 Å². The fourth-order valence-corrected chi connectivity index (χ4v) is 3.26. The number of aliphatic carboxylic acids is 1. The second-order valence-corrected chi connectivity index (χ2v) is 6.73. The van der Waals surface area contributed by atoms with E-state index < -0.39 is 12.1 Å². The van der Waals surface area contributed by atoms with Crippen molar-refractivity contribution in [3.63, 3.8) is 0 Å².